The quantitative estimate of drug-likeness (QED) is 0.753. The largest absolute Gasteiger partial charge is 0.304 e. The van der Waals surface area contributed by atoms with Crippen LogP contribution in [0.25, 0.3) is 0 Å². The Hall–Kier alpha value is -0.590. The van der Waals surface area contributed by atoms with Crippen LogP contribution in [-0.2, 0) is 0 Å². The van der Waals surface area contributed by atoms with Crippen molar-refractivity contribution >= 4 is 0 Å². The molecule has 0 amide bonds. The highest BCUT2D eigenvalue weighted by Crippen LogP contribution is 2.32. The van der Waals surface area contributed by atoms with Gasteiger partial charge in [-0.25, -0.2) is 0 Å². The zero-order valence-electron chi connectivity index (χ0n) is 12.2. The fraction of sp³-hybridized carbons (Fsp3) is 0.933. The molecular weight excluding hydrogens is 222 g/mol. The summed E-state index contributed by atoms with van der Waals surface area (Å²) in [6, 6.07) is 3.56. The van der Waals surface area contributed by atoms with Crippen molar-refractivity contribution in [3.05, 3.63) is 0 Å². The van der Waals surface area contributed by atoms with Crippen molar-refractivity contribution in [2.45, 2.75) is 58.0 Å². The Morgan fingerprint density at radius 2 is 1.89 bits per heavy atom. The van der Waals surface area contributed by atoms with Crippen LogP contribution in [0.5, 0.6) is 0 Å². The van der Waals surface area contributed by atoms with Gasteiger partial charge in [0.1, 0.15) is 0 Å². The zero-order chi connectivity index (χ0) is 13.2. The second kappa shape index (κ2) is 5.59. The highest BCUT2D eigenvalue weighted by molar-refractivity contribution is 4.95. The van der Waals surface area contributed by atoms with E-state index in [9.17, 15) is 0 Å². The Bertz CT molecular complexity index is 312. The van der Waals surface area contributed by atoms with Gasteiger partial charge in [0, 0.05) is 31.7 Å². The number of nitrogens with zero attached hydrogens (tertiary/aromatic N) is 3. The van der Waals surface area contributed by atoms with E-state index in [0.717, 1.165) is 25.7 Å². The summed E-state index contributed by atoms with van der Waals surface area (Å²) in [6.07, 6.45) is 6.09. The van der Waals surface area contributed by atoms with Gasteiger partial charge >= 0.3 is 0 Å². The predicted molar refractivity (Wildman–Crippen MR) is 74.3 cm³/mol. The van der Waals surface area contributed by atoms with Crippen molar-refractivity contribution in [1.82, 2.24) is 9.80 Å². The van der Waals surface area contributed by atoms with Gasteiger partial charge in [0.2, 0.25) is 0 Å². The monoisotopic (exact) mass is 249 g/mol. The molecule has 0 bridgehead atoms. The number of nitriles is 1. The molecule has 3 nitrogen and oxygen atoms in total. The standard InChI is InChI=1S/C15H27N3/c1-15(2)11-17(3)10-14(8-9-16)18(12-15)13-6-4-5-7-13/h13-14H,4-8,10-12H2,1-3H3. The first-order valence-electron chi connectivity index (χ1n) is 7.33. The molecule has 18 heavy (non-hydrogen) atoms. The van der Waals surface area contributed by atoms with E-state index in [4.69, 9.17) is 5.26 Å². The molecule has 1 heterocycles. The summed E-state index contributed by atoms with van der Waals surface area (Å²) in [7, 11) is 2.20. The fourth-order valence-corrected chi connectivity index (χ4v) is 3.88. The maximum Gasteiger partial charge on any atom is 0.0638 e. The van der Waals surface area contributed by atoms with Crippen LogP contribution in [0.4, 0.5) is 0 Å². The molecule has 1 saturated carbocycles. The van der Waals surface area contributed by atoms with Gasteiger partial charge in [-0.1, -0.05) is 26.7 Å². The first-order chi connectivity index (χ1) is 8.52. The van der Waals surface area contributed by atoms with Crippen molar-refractivity contribution in [3.63, 3.8) is 0 Å². The normalized spacial score (nSPS) is 31.1. The Balaban J connectivity index is 2.16. The summed E-state index contributed by atoms with van der Waals surface area (Å²) in [5.41, 5.74) is 0.335. The average molecular weight is 249 g/mol. The molecule has 0 aromatic heterocycles. The molecule has 1 unspecified atom stereocenters. The van der Waals surface area contributed by atoms with Crippen molar-refractivity contribution in [2.75, 3.05) is 26.7 Å². The number of hydrogen-bond acceptors (Lipinski definition) is 3. The van der Waals surface area contributed by atoms with Crippen LogP contribution in [0.2, 0.25) is 0 Å². The van der Waals surface area contributed by atoms with E-state index in [2.05, 4.69) is 36.8 Å². The van der Waals surface area contributed by atoms with Gasteiger partial charge in [-0.2, -0.15) is 5.26 Å². The van der Waals surface area contributed by atoms with E-state index in [1.807, 2.05) is 0 Å². The lowest BCUT2D eigenvalue weighted by Gasteiger charge is -2.37. The minimum atomic E-state index is 0.335. The molecule has 102 valence electrons. The summed E-state index contributed by atoms with van der Waals surface area (Å²) in [6.45, 7) is 8.06. The van der Waals surface area contributed by atoms with Crippen LogP contribution >= 0.6 is 0 Å². The maximum absolute atomic E-state index is 9.09. The lowest BCUT2D eigenvalue weighted by molar-refractivity contribution is 0.107. The molecule has 0 spiro atoms. The van der Waals surface area contributed by atoms with Crippen LogP contribution in [-0.4, -0.2) is 48.6 Å². The van der Waals surface area contributed by atoms with Crippen molar-refractivity contribution in [2.24, 2.45) is 5.41 Å². The van der Waals surface area contributed by atoms with Crippen molar-refractivity contribution in [1.29, 1.82) is 5.26 Å². The third-order valence-electron chi connectivity index (χ3n) is 4.42. The van der Waals surface area contributed by atoms with Crippen LogP contribution in [0, 0.1) is 16.7 Å². The number of hydrogen-bond donors (Lipinski definition) is 0. The minimum absolute atomic E-state index is 0.335. The summed E-state index contributed by atoms with van der Waals surface area (Å²) >= 11 is 0. The fourth-order valence-electron chi connectivity index (χ4n) is 3.88. The van der Waals surface area contributed by atoms with Gasteiger partial charge in [-0.15, -0.1) is 0 Å². The molecular formula is C15H27N3. The first-order valence-corrected chi connectivity index (χ1v) is 7.33. The molecule has 2 rings (SSSR count). The van der Waals surface area contributed by atoms with Gasteiger partial charge in [-0.05, 0) is 25.3 Å². The highest BCUT2D eigenvalue weighted by Gasteiger charge is 2.36. The molecule has 0 radical (unpaired) electrons. The topological polar surface area (TPSA) is 30.3 Å². The van der Waals surface area contributed by atoms with Gasteiger partial charge < -0.3 is 4.90 Å². The van der Waals surface area contributed by atoms with Crippen LogP contribution in [0.1, 0.15) is 46.0 Å². The average Bonchev–Trinajstić information content (AvgIpc) is 2.74. The van der Waals surface area contributed by atoms with Crippen LogP contribution in [0.3, 0.4) is 0 Å². The van der Waals surface area contributed by atoms with Crippen LogP contribution < -0.4 is 0 Å². The van der Waals surface area contributed by atoms with E-state index >= 15 is 0 Å². The predicted octanol–water partition coefficient (Wildman–Crippen LogP) is 2.48. The van der Waals surface area contributed by atoms with E-state index < -0.39 is 0 Å². The Labute approximate surface area is 112 Å². The Morgan fingerprint density at radius 1 is 1.22 bits per heavy atom. The zero-order valence-corrected chi connectivity index (χ0v) is 12.2. The van der Waals surface area contributed by atoms with E-state index in [1.54, 1.807) is 0 Å². The number of likely N-dealkylation sites (N-methyl/N-ethyl adjacent to an activating group) is 1. The summed E-state index contributed by atoms with van der Waals surface area (Å²) < 4.78 is 0. The summed E-state index contributed by atoms with van der Waals surface area (Å²) in [5.74, 6) is 0. The van der Waals surface area contributed by atoms with Gasteiger partial charge in [0.05, 0.1) is 12.5 Å². The Morgan fingerprint density at radius 3 is 2.50 bits per heavy atom. The molecule has 0 N–H and O–H groups in total. The lowest BCUT2D eigenvalue weighted by atomic mass is 9.91. The van der Waals surface area contributed by atoms with Gasteiger partial charge in [0.25, 0.3) is 0 Å². The second-order valence-corrected chi connectivity index (χ2v) is 6.99. The molecule has 0 aromatic rings. The number of rotatable bonds is 2. The molecule has 1 atom stereocenters. The van der Waals surface area contributed by atoms with E-state index in [1.165, 1.54) is 25.7 Å². The van der Waals surface area contributed by atoms with Crippen LogP contribution in [0.15, 0.2) is 0 Å². The molecule has 3 heteroatoms. The molecule has 1 saturated heterocycles. The van der Waals surface area contributed by atoms with E-state index in [0.29, 0.717) is 17.9 Å². The molecule has 1 aliphatic heterocycles. The third kappa shape index (κ3) is 3.24. The summed E-state index contributed by atoms with van der Waals surface area (Å²) in [5, 5.41) is 9.09. The lowest BCUT2D eigenvalue weighted by Crippen LogP contribution is -2.46. The maximum atomic E-state index is 9.09. The third-order valence-corrected chi connectivity index (χ3v) is 4.42. The molecule has 2 fully saturated rings. The van der Waals surface area contributed by atoms with Gasteiger partial charge in [0.15, 0.2) is 0 Å². The van der Waals surface area contributed by atoms with Crippen molar-refractivity contribution in [3.8, 4) is 6.07 Å². The molecule has 0 aromatic carbocycles. The smallest absolute Gasteiger partial charge is 0.0638 e. The van der Waals surface area contributed by atoms with Crippen molar-refractivity contribution < 1.29 is 0 Å². The molecule has 1 aliphatic carbocycles. The second-order valence-electron chi connectivity index (χ2n) is 6.99. The highest BCUT2D eigenvalue weighted by atomic mass is 15.3. The Kier molecular flexibility index (Phi) is 4.29. The van der Waals surface area contributed by atoms with E-state index in [-0.39, 0.29) is 0 Å². The minimum Gasteiger partial charge on any atom is -0.304 e. The first kappa shape index (κ1) is 13.8. The van der Waals surface area contributed by atoms with Gasteiger partial charge in [-0.3, -0.25) is 4.90 Å². The SMILES string of the molecule is CN1CC(CC#N)N(C2CCCC2)CC(C)(C)C1. The molecule has 2 aliphatic rings. The summed E-state index contributed by atoms with van der Waals surface area (Å²) in [4.78, 5) is 5.08.